The third-order valence-corrected chi connectivity index (χ3v) is 7.17. The Morgan fingerprint density at radius 3 is 1.93 bits per heavy atom. The summed E-state index contributed by atoms with van der Waals surface area (Å²) in [6.45, 7) is 1.98. The van der Waals surface area contributed by atoms with Gasteiger partial charge in [0.2, 0.25) is 23.6 Å². The highest BCUT2D eigenvalue weighted by Gasteiger charge is 2.29. The van der Waals surface area contributed by atoms with Crippen molar-refractivity contribution in [2.45, 2.75) is 37.0 Å². The molecule has 4 atom stereocenters. The molecule has 44 heavy (non-hydrogen) atoms. The zero-order chi connectivity index (χ0) is 30.8. The van der Waals surface area contributed by atoms with Crippen molar-refractivity contribution in [1.82, 2.24) is 15.0 Å². The number of hydrogen-bond acceptors (Lipinski definition) is 15. The monoisotopic (exact) mass is 630 g/mol. The summed E-state index contributed by atoms with van der Waals surface area (Å²) >= 11 is 0. The van der Waals surface area contributed by atoms with Gasteiger partial charge in [0.05, 0.1) is 16.2 Å². The second-order valence-corrected chi connectivity index (χ2v) is 10.8. The van der Waals surface area contributed by atoms with Gasteiger partial charge in [0, 0.05) is 68.2 Å². The van der Waals surface area contributed by atoms with Gasteiger partial charge >= 0.3 is 5.69 Å². The molecule has 17 nitrogen and oxygen atoms in total. The first-order valence-corrected chi connectivity index (χ1v) is 13.6. The highest BCUT2D eigenvalue weighted by atomic mass is 35.5. The first kappa shape index (κ1) is 32.4. The summed E-state index contributed by atoms with van der Waals surface area (Å²) < 4.78 is 0. The number of nitro groups is 1. The van der Waals surface area contributed by atoms with Crippen molar-refractivity contribution in [1.29, 1.82) is 0 Å². The number of halogens is 1. The lowest BCUT2D eigenvalue weighted by Gasteiger charge is -2.37. The van der Waals surface area contributed by atoms with Crippen LogP contribution in [0.1, 0.15) is 23.2 Å². The van der Waals surface area contributed by atoms with E-state index >= 15 is 0 Å². The van der Waals surface area contributed by atoms with Gasteiger partial charge in [0.25, 0.3) is 5.91 Å². The van der Waals surface area contributed by atoms with Crippen LogP contribution < -0.4 is 43.4 Å². The van der Waals surface area contributed by atoms with Gasteiger partial charge in [-0.1, -0.05) is 6.07 Å². The predicted octanol–water partition coefficient (Wildman–Crippen LogP) is 0.338. The number of aromatic nitrogens is 3. The van der Waals surface area contributed by atoms with Crippen LogP contribution >= 0.6 is 12.4 Å². The van der Waals surface area contributed by atoms with Crippen LogP contribution in [0.4, 0.5) is 34.9 Å². The molecule has 1 aromatic heterocycles. The van der Waals surface area contributed by atoms with Crippen molar-refractivity contribution in [3.8, 4) is 11.5 Å². The Morgan fingerprint density at radius 1 is 0.886 bits per heavy atom. The third kappa shape index (κ3) is 7.32. The van der Waals surface area contributed by atoms with Crippen LogP contribution in [0, 0.1) is 10.1 Å². The van der Waals surface area contributed by atoms with Crippen LogP contribution in [-0.4, -0.2) is 86.3 Å². The van der Waals surface area contributed by atoms with Gasteiger partial charge in [-0.15, -0.1) is 12.4 Å². The molecule has 3 heterocycles. The molecular weight excluding hydrogens is 596 g/mol. The molecule has 0 radical (unpaired) electrons. The van der Waals surface area contributed by atoms with Crippen molar-refractivity contribution in [3.63, 3.8) is 0 Å². The SMILES string of the molecule is Cl.N[C@@H]1C[C@H](N)CN(c2nc(Nc3ccc(NC(=O)c4cccc([N+](=O)[O-])c4O)cc3O)nc(N3C[C@H](N)C[C@H](N)C3)n2)C1. The molecule has 2 saturated heterocycles. The largest absolute Gasteiger partial charge is 0.506 e. The fourth-order valence-electron chi connectivity index (χ4n) is 5.27. The normalized spacial score (nSPS) is 21.7. The topological polar surface area (TPSA) is 274 Å². The molecule has 5 rings (SSSR count). The number of phenols is 2. The quantitative estimate of drug-likeness (QED) is 0.0992. The van der Waals surface area contributed by atoms with E-state index in [0.717, 1.165) is 6.07 Å². The lowest BCUT2D eigenvalue weighted by Crippen LogP contribution is -2.54. The van der Waals surface area contributed by atoms with Gasteiger partial charge in [0.15, 0.2) is 0 Å². The zero-order valence-electron chi connectivity index (χ0n) is 23.5. The highest BCUT2D eigenvalue weighted by Crippen LogP contribution is 2.33. The molecule has 0 spiro atoms. The number of piperidine rings is 2. The van der Waals surface area contributed by atoms with Crippen LogP contribution in [0.3, 0.4) is 0 Å². The van der Waals surface area contributed by atoms with Crippen molar-refractivity contribution in [2.24, 2.45) is 22.9 Å². The molecule has 2 aliphatic heterocycles. The number of hydrogen-bond donors (Lipinski definition) is 8. The third-order valence-electron chi connectivity index (χ3n) is 7.17. The van der Waals surface area contributed by atoms with Gasteiger partial charge in [-0.3, -0.25) is 14.9 Å². The minimum Gasteiger partial charge on any atom is -0.506 e. The average Bonchev–Trinajstić information content (AvgIpc) is 2.93. The van der Waals surface area contributed by atoms with Gasteiger partial charge in [-0.2, -0.15) is 15.0 Å². The van der Waals surface area contributed by atoms with Crippen molar-refractivity contribution < 1.29 is 19.9 Å². The highest BCUT2D eigenvalue weighted by molar-refractivity contribution is 6.07. The van der Waals surface area contributed by atoms with Gasteiger partial charge in [0.1, 0.15) is 5.75 Å². The van der Waals surface area contributed by atoms with E-state index in [2.05, 4.69) is 25.6 Å². The van der Waals surface area contributed by atoms with Gasteiger partial charge in [-0.05, 0) is 31.0 Å². The summed E-state index contributed by atoms with van der Waals surface area (Å²) in [7, 11) is 0. The number of nitro benzene ring substituents is 1. The molecular formula is C26H35ClN12O5. The Hall–Kier alpha value is -4.55. The van der Waals surface area contributed by atoms with E-state index in [-0.39, 0.29) is 65.2 Å². The molecule has 3 aromatic rings. The van der Waals surface area contributed by atoms with E-state index in [9.17, 15) is 25.1 Å². The fraction of sp³-hybridized carbons (Fsp3) is 0.385. The number of carbonyl (C=O) groups excluding carboxylic acids is 1. The average molecular weight is 631 g/mol. The van der Waals surface area contributed by atoms with Crippen LogP contribution in [-0.2, 0) is 0 Å². The lowest BCUT2D eigenvalue weighted by molar-refractivity contribution is -0.385. The number of anilines is 5. The minimum atomic E-state index is -0.802. The van der Waals surface area contributed by atoms with E-state index in [1.165, 1.54) is 30.3 Å². The summed E-state index contributed by atoms with van der Waals surface area (Å²) in [4.78, 5) is 40.6. The maximum Gasteiger partial charge on any atom is 0.311 e. The van der Waals surface area contributed by atoms with E-state index in [1.54, 1.807) is 0 Å². The second kappa shape index (κ2) is 13.4. The fourth-order valence-corrected chi connectivity index (χ4v) is 5.27. The maximum atomic E-state index is 12.7. The molecule has 1 amide bonds. The number of rotatable bonds is 7. The number of benzene rings is 2. The van der Waals surface area contributed by atoms with E-state index in [1.807, 2.05) is 9.80 Å². The smallest absolute Gasteiger partial charge is 0.311 e. The van der Waals surface area contributed by atoms with Crippen LogP contribution in [0.5, 0.6) is 11.5 Å². The molecule has 2 aromatic carbocycles. The van der Waals surface area contributed by atoms with Crippen molar-refractivity contribution in [2.75, 3.05) is 46.6 Å². The Balaban J connectivity index is 0.00000442. The molecule has 0 saturated carbocycles. The first-order chi connectivity index (χ1) is 20.5. The zero-order valence-corrected chi connectivity index (χ0v) is 24.4. The van der Waals surface area contributed by atoms with E-state index in [0.29, 0.717) is 50.9 Å². The summed E-state index contributed by atoms with van der Waals surface area (Å²) in [5, 5.41) is 37.5. The van der Waals surface area contributed by atoms with Crippen LogP contribution in [0.15, 0.2) is 36.4 Å². The van der Waals surface area contributed by atoms with E-state index in [4.69, 9.17) is 22.9 Å². The van der Waals surface area contributed by atoms with Crippen LogP contribution in [0.2, 0.25) is 0 Å². The standard InChI is InChI=1S/C26H34N12O5.ClH/c27-13-6-14(28)10-36(9-13)25-33-24(34-26(35-25)37-11-15(29)7-16(30)12-37)32-19-5-4-17(8-21(19)39)31-23(41)18-2-1-3-20(22(18)40)38(42)43;/h1-5,8,13-16,39-40H,6-7,9-12,27-30H2,(H,31,41)(H,32,33,34,35);1H/t13-,14+,15-,16+;. The number of nitrogens with one attached hydrogen (secondary N) is 2. The molecule has 0 bridgehead atoms. The van der Waals surface area contributed by atoms with E-state index < -0.39 is 22.3 Å². The second-order valence-electron chi connectivity index (χ2n) is 10.8. The molecule has 0 unspecified atom stereocenters. The summed E-state index contributed by atoms with van der Waals surface area (Å²) in [5.41, 5.74) is 24.3. The molecule has 18 heteroatoms. The number of aromatic hydroxyl groups is 2. The Kier molecular flexibility index (Phi) is 9.85. The maximum absolute atomic E-state index is 12.7. The Labute approximate surface area is 258 Å². The molecule has 0 aliphatic carbocycles. The van der Waals surface area contributed by atoms with Gasteiger partial charge < -0.3 is 53.6 Å². The number of amides is 1. The van der Waals surface area contributed by atoms with Crippen molar-refractivity contribution in [3.05, 3.63) is 52.1 Å². The van der Waals surface area contributed by atoms with Crippen LogP contribution in [0.25, 0.3) is 0 Å². The lowest BCUT2D eigenvalue weighted by atomic mass is 10.0. The first-order valence-electron chi connectivity index (χ1n) is 13.6. The molecule has 2 fully saturated rings. The minimum absolute atomic E-state index is 0. The summed E-state index contributed by atoms with van der Waals surface area (Å²) in [6, 6.07) is 7.21. The summed E-state index contributed by atoms with van der Waals surface area (Å²) in [5.74, 6) is -0.983. The number of nitrogens with two attached hydrogens (primary N) is 4. The summed E-state index contributed by atoms with van der Waals surface area (Å²) in [6.07, 6.45) is 1.35. The number of para-hydroxylation sites is 1. The Bertz CT molecular complexity index is 1470. The van der Waals surface area contributed by atoms with Gasteiger partial charge in [-0.25, -0.2) is 0 Å². The van der Waals surface area contributed by atoms with Crippen molar-refractivity contribution >= 4 is 53.2 Å². The number of carbonyl (C=O) groups is 1. The molecule has 12 N–H and O–H groups in total. The predicted molar refractivity (Wildman–Crippen MR) is 167 cm³/mol. The molecule has 2 aliphatic rings. The molecule has 236 valence electrons. The number of phenolic OH excluding ortho intramolecular Hbond substituents is 2. The Morgan fingerprint density at radius 2 is 1.43 bits per heavy atom. The number of nitrogens with zero attached hydrogens (tertiary/aromatic N) is 6.